The van der Waals surface area contributed by atoms with Crippen LogP contribution in [0, 0.1) is 5.92 Å². The van der Waals surface area contributed by atoms with Gasteiger partial charge in [0.05, 0.1) is 5.02 Å². The maximum absolute atomic E-state index is 6.06. The van der Waals surface area contributed by atoms with E-state index in [0.29, 0.717) is 22.7 Å². The second-order valence-corrected chi connectivity index (χ2v) is 6.83. The quantitative estimate of drug-likeness (QED) is 0.878. The van der Waals surface area contributed by atoms with Gasteiger partial charge in [-0.25, -0.2) is 4.98 Å². The highest BCUT2D eigenvalue weighted by atomic mass is 35.5. The fourth-order valence-corrected chi connectivity index (χ4v) is 3.46. The molecule has 1 unspecified atom stereocenters. The molecule has 1 aliphatic heterocycles. The van der Waals surface area contributed by atoms with Crippen LogP contribution in [0.5, 0.6) is 5.88 Å². The van der Waals surface area contributed by atoms with Crippen LogP contribution >= 0.6 is 23.2 Å². The Labute approximate surface area is 147 Å². The Hall–Kier alpha value is -1.29. The normalized spacial score (nSPS) is 22.6. The zero-order chi connectivity index (χ0) is 16.2. The number of aromatic nitrogens is 1. The third-order valence-electron chi connectivity index (χ3n) is 4.44. The van der Waals surface area contributed by atoms with Crippen molar-refractivity contribution >= 4 is 23.2 Å². The third-order valence-corrected chi connectivity index (χ3v) is 4.92. The van der Waals surface area contributed by atoms with E-state index >= 15 is 0 Å². The summed E-state index contributed by atoms with van der Waals surface area (Å²) in [5, 5.41) is 4.87. The summed E-state index contributed by atoms with van der Waals surface area (Å²) in [5.74, 6) is 1.45. The first-order valence-electron chi connectivity index (χ1n) is 7.88. The van der Waals surface area contributed by atoms with Crippen molar-refractivity contribution in [3.05, 3.63) is 58.2 Å². The maximum Gasteiger partial charge on any atom is 0.213 e. The summed E-state index contributed by atoms with van der Waals surface area (Å²) in [4.78, 5) is 4.24. The monoisotopic (exact) mass is 350 g/mol. The Morgan fingerprint density at radius 3 is 2.57 bits per heavy atom. The number of pyridine rings is 1. The minimum atomic E-state index is 0.0754. The van der Waals surface area contributed by atoms with E-state index in [1.165, 1.54) is 5.56 Å². The molecule has 2 heterocycles. The van der Waals surface area contributed by atoms with Crippen LogP contribution in [-0.4, -0.2) is 24.2 Å². The molecule has 1 aromatic carbocycles. The van der Waals surface area contributed by atoms with E-state index in [1.807, 2.05) is 18.2 Å². The molecule has 0 spiro atoms. The van der Waals surface area contributed by atoms with Crippen LogP contribution in [0.3, 0.4) is 0 Å². The molecule has 0 aliphatic carbocycles. The Balaban J connectivity index is 1.74. The van der Waals surface area contributed by atoms with Gasteiger partial charge in [0.1, 0.15) is 6.10 Å². The average molecular weight is 351 g/mol. The lowest BCUT2D eigenvalue weighted by molar-refractivity contribution is 0.108. The summed E-state index contributed by atoms with van der Waals surface area (Å²) in [6.07, 6.45) is 2.76. The van der Waals surface area contributed by atoms with E-state index in [-0.39, 0.29) is 6.10 Å². The molecule has 122 valence electrons. The molecule has 23 heavy (non-hydrogen) atoms. The topological polar surface area (TPSA) is 34.1 Å². The molecular formula is C18H20Cl2N2O. The summed E-state index contributed by atoms with van der Waals surface area (Å²) in [6.45, 7) is 4.08. The number of benzene rings is 1. The fourth-order valence-electron chi connectivity index (χ4n) is 3.23. The summed E-state index contributed by atoms with van der Waals surface area (Å²) >= 11 is 11.9. The largest absolute Gasteiger partial charge is 0.474 e. The number of nitrogens with one attached hydrogen (secondary N) is 1. The molecule has 0 saturated carbocycles. The molecule has 0 amide bonds. The number of hydrogen-bond acceptors (Lipinski definition) is 3. The van der Waals surface area contributed by atoms with Crippen LogP contribution in [0.15, 0.2) is 42.6 Å². The van der Waals surface area contributed by atoms with Gasteiger partial charge in [-0.15, -0.1) is 0 Å². The van der Waals surface area contributed by atoms with Gasteiger partial charge in [0, 0.05) is 35.7 Å². The van der Waals surface area contributed by atoms with Crippen molar-refractivity contribution in [1.82, 2.24) is 10.3 Å². The van der Waals surface area contributed by atoms with Crippen LogP contribution < -0.4 is 10.1 Å². The van der Waals surface area contributed by atoms with Crippen molar-refractivity contribution in [2.75, 3.05) is 13.1 Å². The van der Waals surface area contributed by atoms with Crippen molar-refractivity contribution in [2.24, 2.45) is 5.92 Å². The van der Waals surface area contributed by atoms with E-state index in [1.54, 1.807) is 12.3 Å². The number of rotatable bonds is 4. The van der Waals surface area contributed by atoms with Crippen molar-refractivity contribution in [2.45, 2.75) is 25.4 Å². The Morgan fingerprint density at radius 2 is 1.87 bits per heavy atom. The molecule has 1 saturated heterocycles. The standard InChI is InChI=1S/C18H20Cl2N2O/c1-12(23-18-7-6-15(20)10-22-18)16-8-9-21-11-17(16)13-2-4-14(19)5-3-13/h2-7,10,12,16-17,21H,8-9,11H2,1H3/t12-,16?,17-/m0/s1. The summed E-state index contributed by atoms with van der Waals surface area (Å²) < 4.78 is 6.06. The van der Waals surface area contributed by atoms with Crippen molar-refractivity contribution in [3.8, 4) is 5.88 Å². The van der Waals surface area contributed by atoms with Gasteiger partial charge in [-0.1, -0.05) is 35.3 Å². The van der Waals surface area contributed by atoms with Crippen LogP contribution in [0.4, 0.5) is 0 Å². The summed E-state index contributed by atoms with van der Waals surface area (Å²) in [6, 6.07) is 11.7. The zero-order valence-corrected chi connectivity index (χ0v) is 14.5. The Kier molecular flexibility index (Phi) is 5.42. The number of nitrogens with zero attached hydrogens (tertiary/aromatic N) is 1. The van der Waals surface area contributed by atoms with Gasteiger partial charge in [0.2, 0.25) is 5.88 Å². The van der Waals surface area contributed by atoms with Crippen LogP contribution in [0.1, 0.15) is 24.8 Å². The molecule has 1 aliphatic rings. The molecule has 0 bridgehead atoms. The Morgan fingerprint density at radius 1 is 1.13 bits per heavy atom. The van der Waals surface area contributed by atoms with Gasteiger partial charge in [-0.3, -0.25) is 0 Å². The number of piperidine rings is 1. The van der Waals surface area contributed by atoms with E-state index in [9.17, 15) is 0 Å². The lowest BCUT2D eigenvalue weighted by Crippen LogP contribution is -2.41. The van der Waals surface area contributed by atoms with Gasteiger partial charge in [-0.2, -0.15) is 0 Å². The first-order chi connectivity index (χ1) is 11.1. The van der Waals surface area contributed by atoms with Gasteiger partial charge in [0.15, 0.2) is 0 Å². The van der Waals surface area contributed by atoms with Gasteiger partial charge >= 0.3 is 0 Å². The van der Waals surface area contributed by atoms with E-state index < -0.39 is 0 Å². The molecule has 5 heteroatoms. The molecule has 1 N–H and O–H groups in total. The van der Waals surface area contributed by atoms with Crippen LogP contribution in [0.25, 0.3) is 0 Å². The first-order valence-corrected chi connectivity index (χ1v) is 8.63. The highest BCUT2D eigenvalue weighted by Gasteiger charge is 2.32. The first kappa shape index (κ1) is 16.6. The highest BCUT2D eigenvalue weighted by molar-refractivity contribution is 6.30. The van der Waals surface area contributed by atoms with Crippen molar-refractivity contribution in [3.63, 3.8) is 0 Å². The summed E-state index contributed by atoms with van der Waals surface area (Å²) in [7, 11) is 0. The van der Waals surface area contributed by atoms with Crippen LogP contribution in [-0.2, 0) is 0 Å². The smallest absolute Gasteiger partial charge is 0.213 e. The van der Waals surface area contributed by atoms with Crippen molar-refractivity contribution < 1.29 is 4.74 Å². The Bertz CT molecular complexity index is 630. The predicted octanol–water partition coefficient (Wildman–Crippen LogP) is 4.55. The number of hydrogen-bond donors (Lipinski definition) is 1. The third kappa shape index (κ3) is 4.17. The zero-order valence-electron chi connectivity index (χ0n) is 13.0. The highest BCUT2D eigenvalue weighted by Crippen LogP contribution is 2.33. The fraction of sp³-hybridized carbons (Fsp3) is 0.389. The second kappa shape index (κ2) is 7.52. The minimum absolute atomic E-state index is 0.0754. The molecule has 3 nitrogen and oxygen atoms in total. The van der Waals surface area contributed by atoms with E-state index in [0.717, 1.165) is 24.5 Å². The number of halogens is 2. The lowest BCUT2D eigenvalue weighted by Gasteiger charge is -2.36. The second-order valence-electron chi connectivity index (χ2n) is 5.95. The molecular weight excluding hydrogens is 331 g/mol. The molecule has 1 aromatic heterocycles. The SMILES string of the molecule is C[C@H](Oc1ccc(Cl)cn1)C1CCNC[C@H]1c1ccc(Cl)cc1. The molecule has 3 rings (SSSR count). The van der Waals surface area contributed by atoms with Gasteiger partial charge < -0.3 is 10.1 Å². The van der Waals surface area contributed by atoms with Crippen molar-refractivity contribution in [1.29, 1.82) is 0 Å². The summed E-state index contributed by atoms with van der Waals surface area (Å²) in [5.41, 5.74) is 1.30. The minimum Gasteiger partial charge on any atom is -0.474 e. The molecule has 3 atom stereocenters. The maximum atomic E-state index is 6.06. The number of ether oxygens (including phenoxy) is 1. The average Bonchev–Trinajstić information content (AvgIpc) is 2.58. The molecule has 1 fully saturated rings. The van der Waals surface area contributed by atoms with E-state index in [2.05, 4.69) is 29.4 Å². The van der Waals surface area contributed by atoms with Gasteiger partial charge in [-0.05, 0) is 43.7 Å². The van der Waals surface area contributed by atoms with Gasteiger partial charge in [0.25, 0.3) is 0 Å². The molecule has 2 aromatic rings. The predicted molar refractivity (Wildman–Crippen MR) is 94.5 cm³/mol. The lowest BCUT2D eigenvalue weighted by atomic mass is 9.78. The molecule has 0 radical (unpaired) electrons. The van der Waals surface area contributed by atoms with E-state index in [4.69, 9.17) is 27.9 Å². The van der Waals surface area contributed by atoms with Crippen LogP contribution in [0.2, 0.25) is 10.0 Å².